The smallest absolute Gasteiger partial charge is 0.149 e. The Morgan fingerprint density at radius 3 is 2.65 bits per heavy atom. The second kappa shape index (κ2) is 7.56. The minimum Gasteiger partial charge on any atom is -0.487 e. The molecule has 3 rings (SSSR count). The van der Waals surface area contributed by atoms with Crippen molar-refractivity contribution in [2.24, 2.45) is 0 Å². The molecule has 0 atom stereocenters. The van der Waals surface area contributed by atoms with Gasteiger partial charge < -0.3 is 10.1 Å². The lowest BCUT2D eigenvalue weighted by Crippen LogP contribution is -2.02. The van der Waals surface area contributed by atoms with Gasteiger partial charge in [-0.15, -0.1) is 0 Å². The van der Waals surface area contributed by atoms with Crippen molar-refractivity contribution in [1.82, 2.24) is 15.0 Å². The fourth-order valence-electron chi connectivity index (χ4n) is 1.96. The van der Waals surface area contributed by atoms with Gasteiger partial charge in [-0.3, -0.25) is 9.97 Å². The SMILES string of the molecule is Clc1cncc(NCc2ccc(OCc3ccccn3)cc2)n1. The first-order valence-corrected chi connectivity index (χ1v) is 7.50. The lowest BCUT2D eigenvalue weighted by Gasteiger charge is -2.08. The Balaban J connectivity index is 1.52. The lowest BCUT2D eigenvalue weighted by molar-refractivity contribution is 0.301. The summed E-state index contributed by atoms with van der Waals surface area (Å²) in [5, 5.41) is 3.54. The average Bonchev–Trinajstić information content (AvgIpc) is 2.60. The highest BCUT2D eigenvalue weighted by atomic mass is 35.5. The number of benzene rings is 1. The normalized spacial score (nSPS) is 10.3. The zero-order chi connectivity index (χ0) is 15.9. The summed E-state index contributed by atoms with van der Waals surface area (Å²) < 4.78 is 5.70. The maximum absolute atomic E-state index is 5.80. The van der Waals surface area contributed by atoms with E-state index in [1.807, 2.05) is 42.5 Å². The zero-order valence-corrected chi connectivity index (χ0v) is 13.1. The lowest BCUT2D eigenvalue weighted by atomic mass is 10.2. The number of anilines is 1. The van der Waals surface area contributed by atoms with Crippen molar-refractivity contribution < 1.29 is 4.74 Å². The zero-order valence-electron chi connectivity index (χ0n) is 12.3. The molecule has 5 nitrogen and oxygen atoms in total. The standard InChI is InChI=1S/C17H15ClN4O/c18-16-10-19-11-17(22-16)21-9-13-4-6-15(7-5-13)23-12-14-3-1-2-8-20-14/h1-8,10-11H,9,12H2,(H,21,22). The Bertz CT molecular complexity index is 750. The number of halogens is 1. The van der Waals surface area contributed by atoms with Gasteiger partial charge in [0.1, 0.15) is 23.3 Å². The molecule has 0 aliphatic carbocycles. The van der Waals surface area contributed by atoms with Gasteiger partial charge in [-0.25, -0.2) is 4.98 Å². The van der Waals surface area contributed by atoms with Gasteiger partial charge in [-0.05, 0) is 29.8 Å². The first-order valence-electron chi connectivity index (χ1n) is 7.13. The van der Waals surface area contributed by atoms with E-state index in [1.54, 1.807) is 12.4 Å². The minimum absolute atomic E-state index is 0.369. The fraction of sp³-hybridized carbons (Fsp3) is 0.118. The highest BCUT2D eigenvalue weighted by molar-refractivity contribution is 6.29. The molecule has 1 aromatic carbocycles. The van der Waals surface area contributed by atoms with Gasteiger partial charge in [0.2, 0.25) is 0 Å². The van der Waals surface area contributed by atoms with Gasteiger partial charge in [0.25, 0.3) is 0 Å². The summed E-state index contributed by atoms with van der Waals surface area (Å²) in [5.41, 5.74) is 2.01. The quantitative estimate of drug-likeness (QED) is 0.748. The maximum atomic E-state index is 5.80. The average molecular weight is 327 g/mol. The van der Waals surface area contributed by atoms with Crippen LogP contribution >= 0.6 is 11.6 Å². The van der Waals surface area contributed by atoms with E-state index < -0.39 is 0 Å². The number of nitrogens with one attached hydrogen (secondary N) is 1. The number of pyridine rings is 1. The van der Waals surface area contributed by atoms with Crippen molar-refractivity contribution in [3.05, 3.63) is 77.5 Å². The number of hydrogen-bond donors (Lipinski definition) is 1. The molecule has 1 N–H and O–H groups in total. The second-order valence-corrected chi connectivity index (χ2v) is 5.22. The predicted octanol–water partition coefficient (Wildman–Crippen LogP) is 3.72. The van der Waals surface area contributed by atoms with Crippen molar-refractivity contribution in [2.75, 3.05) is 5.32 Å². The molecule has 0 bridgehead atoms. The van der Waals surface area contributed by atoms with E-state index in [0.29, 0.717) is 24.1 Å². The number of aromatic nitrogens is 3. The Hall–Kier alpha value is -2.66. The van der Waals surface area contributed by atoms with Crippen LogP contribution in [-0.2, 0) is 13.2 Å². The molecule has 0 aliphatic rings. The van der Waals surface area contributed by atoms with Gasteiger partial charge in [-0.2, -0.15) is 0 Å². The molecular weight excluding hydrogens is 312 g/mol. The summed E-state index contributed by atoms with van der Waals surface area (Å²) >= 11 is 5.80. The number of rotatable bonds is 6. The van der Waals surface area contributed by atoms with Crippen LogP contribution in [0.4, 0.5) is 5.82 Å². The first-order chi connectivity index (χ1) is 11.3. The van der Waals surface area contributed by atoms with Gasteiger partial charge in [0.15, 0.2) is 0 Å². The molecule has 0 radical (unpaired) electrons. The highest BCUT2D eigenvalue weighted by Crippen LogP contribution is 2.15. The van der Waals surface area contributed by atoms with Gasteiger partial charge >= 0.3 is 0 Å². The van der Waals surface area contributed by atoms with Crippen LogP contribution in [0.5, 0.6) is 5.75 Å². The van der Waals surface area contributed by atoms with Crippen LogP contribution in [0.15, 0.2) is 61.1 Å². The van der Waals surface area contributed by atoms with E-state index in [1.165, 1.54) is 6.20 Å². The third-order valence-electron chi connectivity index (χ3n) is 3.11. The van der Waals surface area contributed by atoms with Crippen LogP contribution in [0.3, 0.4) is 0 Å². The molecule has 6 heteroatoms. The van der Waals surface area contributed by atoms with Crippen LogP contribution in [0.25, 0.3) is 0 Å². The maximum Gasteiger partial charge on any atom is 0.149 e. The Kier molecular flexibility index (Phi) is 5.01. The summed E-state index contributed by atoms with van der Waals surface area (Å²) in [6.07, 6.45) is 4.89. The third-order valence-corrected chi connectivity index (χ3v) is 3.30. The monoisotopic (exact) mass is 326 g/mol. The van der Waals surface area contributed by atoms with Crippen LogP contribution in [0, 0.1) is 0 Å². The van der Waals surface area contributed by atoms with E-state index >= 15 is 0 Å². The van der Waals surface area contributed by atoms with Crippen molar-refractivity contribution in [3.8, 4) is 5.75 Å². The summed E-state index contributed by atoms with van der Waals surface area (Å²) in [7, 11) is 0. The van der Waals surface area contributed by atoms with Gasteiger partial charge in [0.05, 0.1) is 18.1 Å². The van der Waals surface area contributed by atoms with Crippen molar-refractivity contribution >= 4 is 17.4 Å². The van der Waals surface area contributed by atoms with E-state index in [0.717, 1.165) is 17.0 Å². The summed E-state index contributed by atoms with van der Waals surface area (Å²) in [6.45, 7) is 1.09. The van der Waals surface area contributed by atoms with E-state index in [2.05, 4.69) is 20.3 Å². The number of hydrogen-bond acceptors (Lipinski definition) is 5. The van der Waals surface area contributed by atoms with Gasteiger partial charge in [-0.1, -0.05) is 29.8 Å². The van der Waals surface area contributed by atoms with Crippen LogP contribution in [0.2, 0.25) is 5.15 Å². The molecule has 0 spiro atoms. The molecule has 0 amide bonds. The molecule has 0 saturated carbocycles. The van der Waals surface area contributed by atoms with Gasteiger partial charge in [0, 0.05) is 12.7 Å². The first kappa shape index (κ1) is 15.2. The molecule has 0 unspecified atom stereocenters. The number of nitrogens with zero attached hydrogens (tertiary/aromatic N) is 3. The van der Waals surface area contributed by atoms with E-state index in [4.69, 9.17) is 16.3 Å². The van der Waals surface area contributed by atoms with Crippen molar-refractivity contribution in [2.45, 2.75) is 13.2 Å². The molecule has 2 heterocycles. The molecule has 2 aromatic heterocycles. The number of ether oxygens (including phenoxy) is 1. The molecule has 23 heavy (non-hydrogen) atoms. The molecule has 3 aromatic rings. The topological polar surface area (TPSA) is 59.9 Å². The second-order valence-electron chi connectivity index (χ2n) is 4.83. The van der Waals surface area contributed by atoms with Crippen molar-refractivity contribution in [1.29, 1.82) is 0 Å². The molecule has 0 saturated heterocycles. The fourth-order valence-corrected chi connectivity index (χ4v) is 2.11. The summed E-state index contributed by atoms with van der Waals surface area (Å²) in [5.74, 6) is 1.45. The van der Waals surface area contributed by atoms with Crippen LogP contribution < -0.4 is 10.1 Å². The van der Waals surface area contributed by atoms with E-state index in [9.17, 15) is 0 Å². The Morgan fingerprint density at radius 1 is 1.04 bits per heavy atom. The Morgan fingerprint density at radius 2 is 1.91 bits per heavy atom. The van der Waals surface area contributed by atoms with E-state index in [-0.39, 0.29) is 0 Å². The Labute approximate surface area is 139 Å². The largest absolute Gasteiger partial charge is 0.487 e. The summed E-state index contributed by atoms with van der Waals surface area (Å²) in [6, 6.07) is 13.6. The predicted molar refractivity (Wildman–Crippen MR) is 89.4 cm³/mol. The molecule has 0 fully saturated rings. The van der Waals surface area contributed by atoms with Crippen LogP contribution in [-0.4, -0.2) is 15.0 Å². The van der Waals surface area contributed by atoms with Crippen molar-refractivity contribution in [3.63, 3.8) is 0 Å². The third kappa shape index (κ3) is 4.66. The highest BCUT2D eigenvalue weighted by Gasteiger charge is 2.00. The minimum atomic E-state index is 0.369. The molecular formula is C17H15ClN4O. The molecule has 116 valence electrons. The molecule has 0 aliphatic heterocycles. The van der Waals surface area contributed by atoms with Crippen LogP contribution in [0.1, 0.15) is 11.3 Å². The summed E-state index contributed by atoms with van der Waals surface area (Å²) in [4.78, 5) is 12.3.